The molecule has 0 radical (unpaired) electrons. The first-order chi connectivity index (χ1) is 16.8. The standard InChI is InChI=1S/C23H23FN6O4S/c1-13-17-18(31)29(23(2)7-8-25-21(23)32)22(33)28(20(17)35-19(13)30-26-9-10-27-30)11-6-14-12-15(24)4-5-16(14)34-3/h4-5,9-10,12H,6-8,11H2,1-3H3,(H,25,32). The zero-order valence-electron chi connectivity index (χ0n) is 19.4. The van der Waals surface area contributed by atoms with Gasteiger partial charge in [-0.15, -0.1) is 4.80 Å². The monoisotopic (exact) mass is 498 g/mol. The van der Waals surface area contributed by atoms with E-state index in [2.05, 4.69) is 15.5 Å². The lowest BCUT2D eigenvalue weighted by Gasteiger charge is -2.24. The number of hydrogen-bond donors (Lipinski definition) is 1. The molecule has 10 nitrogen and oxygen atoms in total. The van der Waals surface area contributed by atoms with Crippen molar-refractivity contribution < 1.29 is 13.9 Å². The van der Waals surface area contributed by atoms with Gasteiger partial charge in [-0.1, -0.05) is 11.3 Å². The summed E-state index contributed by atoms with van der Waals surface area (Å²) < 4.78 is 21.8. The molecule has 1 aliphatic rings. The van der Waals surface area contributed by atoms with E-state index in [9.17, 15) is 18.8 Å². The predicted molar refractivity (Wildman–Crippen MR) is 128 cm³/mol. The average molecular weight is 499 g/mol. The lowest BCUT2D eigenvalue weighted by Crippen LogP contribution is -2.53. The minimum Gasteiger partial charge on any atom is -0.496 e. The van der Waals surface area contributed by atoms with Gasteiger partial charge in [0.05, 0.1) is 24.9 Å². The highest BCUT2D eigenvalue weighted by atomic mass is 32.1. The highest BCUT2D eigenvalue weighted by Crippen LogP contribution is 2.32. The molecule has 5 rings (SSSR count). The number of rotatable bonds is 6. The Morgan fingerprint density at radius 1 is 1.23 bits per heavy atom. The van der Waals surface area contributed by atoms with Crippen molar-refractivity contribution in [1.82, 2.24) is 29.4 Å². The van der Waals surface area contributed by atoms with Crippen LogP contribution in [-0.4, -0.2) is 43.7 Å². The number of aromatic nitrogens is 5. The molecule has 1 N–H and O–H groups in total. The van der Waals surface area contributed by atoms with Crippen LogP contribution in [0.25, 0.3) is 15.2 Å². The molecule has 1 atom stereocenters. The number of carbonyl (C=O) groups excluding carboxylic acids is 1. The third-order valence-corrected chi connectivity index (χ3v) is 7.80. The number of halogens is 1. The van der Waals surface area contributed by atoms with Crippen LogP contribution in [0, 0.1) is 12.7 Å². The number of carbonyl (C=O) groups is 1. The van der Waals surface area contributed by atoms with Gasteiger partial charge in [0.25, 0.3) is 5.56 Å². The minimum absolute atomic E-state index is 0.138. The van der Waals surface area contributed by atoms with E-state index in [0.29, 0.717) is 45.1 Å². The molecular weight excluding hydrogens is 475 g/mol. The van der Waals surface area contributed by atoms with Crippen molar-refractivity contribution in [2.45, 2.75) is 38.8 Å². The molecule has 0 aliphatic carbocycles. The Labute approximate surface area is 202 Å². The molecule has 35 heavy (non-hydrogen) atoms. The van der Waals surface area contributed by atoms with Crippen molar-refractivity contribution in [1.29, 1.82) is 0 Å². The average Bonchev–Trinajstić information content (AvgIpc) is 3.54. The predicted octanol–water partition coefficient (Wildman–Crippen LogP) is 1.74. The van der Waals surface area contributed by atoms with E-state index >= 15 is 0 Å². The lowest BCUT2D eigenvalue weighted by molar-refractivity contribution is -0.126. The lowest BCUT2D eigenvalue weighted by atomic mass is 10.00. The molecule has 3 aromatic heterocycles. The Balaban J connectivity index is 1.75. The molecule has 182 valence electrons. The highest BCUT2D eigenvalue weighted by Gasteiger charge is 2.43. The molecule has 12 heteroatoms. The molecule has 4 heterocycles. The van der Waals surface area contributed by atoms with Crippen LogP contribution in [0.1, 0.15) is 24.5 Å². The van der Waals surface area contributed by atoms with Crippen molar-refractivity contribution in [2.75, 3.05) is 13.7 Å². The molecular formula is C23H23FN6O4S. The maximum atomic E-state index is 13.9. The van der Waals surface area contributed by atoms with Gasteiger partial charge in [-0.2, -0.15) is 10.2 Å². The number of aryl methyl sites for hydroxylation is 3. The van der Waals surface area contributed by atoms with Crippen molar-refractivity contribution in [2.24, 2.45) is 0 Å². The van der Waals surface area contributed by atoms with Crippen LogP contribution in [-0.2, 0) is 23.3 Å². The summed E-state index contributed by atoms with van der Waals surface area (Å²) in [4.78, 5) is 42.1. The van der Waals surface area contributed by atoms with Crippen molar-refractivity contribution in [3.63, 3.8) is 0 Å². The number of methoxy groups -OCH3 is 1. The van der Waals surface area contributed by atoms with Gasteiger partial charge in [-0.05, 0) is 50.5 Å². The Morgan fingerprint density at radius 2 is 1.97 bits per heavy atom. The van der Waals surface area contributed by atoms with E-state index in [1.807, 2.05) is 0 Å². The summed E-state index contributed by atoms with van der Waals surface area (Å²) in [7, 11) is 1.49. The van der Waals surface area contributed by atoms with Crippen molar-refractivity contribution >= 4 is 27.5 Å². The van der Waals surface area contributed by atoms with Gasteiger partial charge < -0.3 is 10.1 Å². The number of thiophene rings is 1. The second-order valence-corrected chi connectivity index (χ2v) is 9.57. The first-order valence-electron chi connectivity index (χ1n) is 11.0. The Kier molecular flexibility index (Phi) is 5.55. The van der Waals surface area contributed by atoms with E-state index in [1.54, 1.807) is 13.8 Å². The van der Waals surface area contributed by atoms with Crippen LogP contribution in [0.15, 0.2) is 40.2 Å². The third-order valence-electron chi connectivity index (χ3n) is 6.51. The Hall–Kier alpha value is -3.80. The van der Waals surface area contributed by atoms with Gasteiger partial charge in [0.2, 0.25) is 5.91 Å². The topological polar surface area (TPSA) is 113 Å². The van der Waals surface area contributed by atoms with Crippen LogP contribution >= 0.6 is 11.3 Å². The Bertz CT molecular complexity index is 1570. The smallest absolute Gasteiger partial charge is 0.333 e. The van der Waals surface area contributed by atoms with E-state index in [4.69, 9.17) is 4.74 Å². The van der Waals surface area contributed by atoms with Gasteiger partial charge >= 0.3 is 5.69 Å². The van der Waals surface area contributed by atoms with E-state index in [1.165, 1.54) is 58.4 Å². The molecule has 4 aromatic rings. The first kappa shape index (κ1) is 23.0. The molecule has 0 saturated carbocycles. The Morgan fingerprint density at radius 3 is 2.63 bits per heavy atom. The quantitative estimate of drug-likeness (QED) is 0.433. The maximum absolute atomic E-state index is 13.9. The molecule has 1 fully saturated rings. The van der Waals surface area contributed by atoms with Crippen LogP contribution in [0.4, 0.5) is 4.39 Å². The minimum atomic E-state index is -1.32. The second kappa shape index (κ2) is 8.45. The second-order valence-electron chi connectivity index (χ2n) is 8.59. The number of amides is 1. The normalized spacial score (nSPS) is 17.8. The highest BCUT2D eigenvalue weighted by molar-refractivity contribution is 7.21. The molecule has 1 amide bonds. The van der Waals surface area contributed by atoms with Crippen LogP contribution in [0.5, 0.6) is 5.75 Å². The summed E-state index contributed by atoms with van der Waals surface area (Å²) >= 11 is 1.22. The van der Waals surface area contributed by atoms with Crippen LogP contribution in [0.3, 0.4) is 0 Å². The number of nitrogens with one attached hydrogen (secondary N) is 1. The zero-order valence-corrected chi connectivity index (χ0v) is 20.2. The van der Waals surface area contributed by atoms with E-state index < -0.39 is 22.6 Å². The van der Waals surface area contributed by atoms with Crippen LogP contribution < -0.4 is 21.3 Å². The van der Waals surface area contributed by atoms with Crippen molar-refractivity contribution in [3.8, 4) is 10.8 Å². The molecule has 0 spiro atoms. The molecule has 1 aromatic carbocycles. The fraction of sp³-hybridized carbons (Fsp3) is 0.348. The molecule has 0 bridgehead atoms. The zero-order chi connectivity index (χ0) is 24.9. The molecule has 1 saturated heterocycles. The largest absolute Gasteiger partial charge is 0.496 e. The summed E-state index contributed by atoms with van der Waals surface area (Å²) in [6.45, 7) is 3.87. The van der Waals surface area contributed by atoms with Crippen LogP contribution in [0.2, 0.25) is 0 Å². The molecule has 1 unspecified atom stereocenters. The molecule has 1 aliphatic heterocycles. The fourth-order valence-corrected chi connectivity index (χ4v) is 5.83. The summed E-state index contributed by atoms with van der Waals surface area (Å²) in [5, 5.41) is 12.0. The van der Waals surface area contributed by atoms with Gasteiger partial charge in [0.1, 0.15) is 26.9 Å². The number of fused-ring (bicyclic) bond motifs is 1. The van der Waals surface area contributed by atoms with Gasteiger partial charge in [0.15, 0.2) is 0 Å². The first-order valence-corrected chi connectivity index (χ1v) is 11.8. The van der Waals surface area contributed by atoms with Gasteiger partial charge in [-0.3, -0.25) is 14.2 Å². The number of ether oxygens (including phenoxy) is 1. The van der Waals surface area contributed by atoms with Gasteiger partial charge in [0, 0.05) is 18.7 Å². The number of nitrogens with zero attached hydrogens (tertiary/aromatic N) is 5. The summed E-state index contributed by atoms with van der Waals surface area (Å²) in [5.41, 5.74) is -1.26. The number of hydrogen-bond acceptors (Lipinski definition) is 7. The van der Waals surface area contributed by atoms with E-state index in [-0.39, 0.29) is 18.9 Å². The summed E-state index contributed by atoms with van der Waals surface area (Å²) in [6, 6.07) is 4.20. The third kappa shape index (κ3) is 3.55. The number of benzene rings is 1. The maximum Gasteiger partial charge on any atom is 0.333 e. The van der Waals surface area contributed by atoms with Gasteiger partial charge in [-0.25, -0.2) is 13.8 Å². The van der Waals surface area contributed by atoms with Crippen molar-refractivity contribution in [3.05, 3.63) is 68.4 Å². The summed E-state index contributed by atoms with van der Waals surface area (Å²) in [5.74, 6) is -0.302. The fourth-order valence-electron chi connectivity index (χ4n) is 4.59. The SMILES string of the molecule is COc1ccc(F)cc1CCn1c(=O)n(C2(C)CCNC2=O)c(=O)c2c(C)c(-n3nccn3)sc21. The van der Waals surface area contributed by atoms with E-state index in [0.717, 1.165) is 4.57 Å². The summed E-state index contributed by atoms with van der Waals surface area (Å²) in [6.07, 6.45) is 3.62.